The van der Waals surface area contributed by atoms with Gasteiger partial charge in [-0.2, -0.15) is 4.31 Å². The summed E-state index contributed by atoms with van der Waals surface area (Å²) in [6.45, 7) is 4.00. The highest BCUT2D eigenvalue weighted by molar-refractivity contribution is 7.89. The van der Waals surface area contributed by atoms with Gasteiger partial charge in [0.25, 0.3) is 5.91 Å². The number of benzene rings is 1. The van der Waals surface area contributed by atoms with Crippen LogP contribution in [0.2, 0.25) is 5.02 Å². The van der Waals surface area contributed by atoms with Crippen molar-refractivity contribution in [3.63, 3.8) is 0 Å². The second-order valence-corrected chi connectivity index (χ2v) is 9.07. The van der Waals surface area contributed by atoms with Crippen LogP contribution in [0.15, 0.2) is 23.1 Å². The van der Waals surface area contributed by atoms with Crippen molar-refractivity contribution in [2.75, 3.05) is 19.7 Å². The molecule has 1 aromatic rings. The van der Waals surface area contributed by atoms with E-state index in [9.17, 15) is 13.2 Å². The number of nitrogens with one attached hydrogen (secondary N) is 1. The van der Waals surface area contributed by atoms with Gasteiger partial charge < -0.3 is 10.1 Å². The van der Waals surface area contributed by atoms with Crippen LogP contribution in [0.5, 0.6) is 5.75 Å². The molecule has 0 saturated heterocycles. The summed E-state index contributed by atoms with van der Waals surface area (Å²) in [6.07, 6.45) is 6.62. The first kappa shape index (κ1) is 22.0. The molecular weight excluding hydrogens is 388 g/mol. The largest absolute Gasteiger partial charge is 0.482 e. The topological polar surface area (TPSA) is 75.7 Å². The standard InChI is InChI=1S/C19H29ClN2O4S/c1-3-22(4-2)27(24,25)18-13-15(20)11-12-17(18)26-14-19(23)21-16-9-7-5-6-8-10-16/h11-13,16H,3-10,14H2,1-2H3,(H,21,23). The van der Waals surface area contributed by atoms with E-state index in [0.29, 0.717) is 18.1 Å². The fraction of sp³-hybridized carbons (Fsp3) is 0.632. The highest BCUT2D eigenvalue weighted by atomic mass is 35.5. The fourth-order valence-electron chi connectivity index (χ4n) is 3.34. The number of hydrogen-bond acceptors (Lipinski definition) is 4. The van der Waals surface area contributed by atoms with Gasteiger partial charge in [0.15, 0.2) is 6.61 Å². The molecule has 27 heavy (non-hydrogen) atoms. The van der Waals surface area contributed by atoms with Crippen LogP contribution in [0.25, 0.3) is 0 Å². The van der Waals surface area contributed by atoms with Crippen molar-refractivity contribution in [1.29, 1.82) is 0 Å². The second kappa shape index (κ2) is 10.3. The maximum absolute atomic E-state index is 12.9. The van der Waals surface area contributed by atoms with Crippen LogP contribution >= 0.6 is 11.6 Å². The molecule has 1 aromatic carbocycles. The average molecular weight is 417 g/mol. The molecule has 2 rings (SSSR count). The molecule has 1 N–H and O–H groups in total. The smallest absolute Gasteiger partial charge is 0.258 e. The van der Waals surface area contributed by atoms with Crippen LogP contribution in [0.1, 0.15) is 52.4 Å². The lowest BCUT2D eigenvalue weighted by Crippen LogP contribution is -2.37. The highest BCUT2D eigenvalue weighted by Gasteiger charge is 2.26. The number of halogens is 1. The van der Waals surface area contributed by atoms with Gasteiger partial charge in [-0.1, -0.05) is 51.1 Å². The van der Waals surface area contributed by atoms with Gasteiger partial charge in [0.1, 0.15) is 10.6 Å². The van der Waals surface area contributed by atoms with Crippen molar-refractivity contribution in [1.82, 2.24) is 9.62 Å². The zero-order chi connectivity index (χ0) is 19.9. The van der Waals surface area contributed by atoms with Crippen molar-refractivity contribution >= 4 is 27.5 Å². The molecule has 0 unspecified atom stereocenters. The van der Waals surface area contributed by atoms with Crippen molar-refractivity contribution in [3.05, 3.63) is 23.2 Å². The van der Waals surface area contributed by atoms with Crippen molar-refractivity contribution in [2.24, 2.45) is 0 Å². The number of rotatable bonds is 8. The first-order valence-corrected chi connectivity index (χ1v) is 11.4. The number of nitrogens with zero attached hydrogens (tertiary/aromatic N) is 1. The lowest BCUT2D eigenvalue weighted by Gasteiger charge is -2.21. The first-order chi connectivity index (χ1) is 12.9. The van der Waals surface area contributed by atoms with Crippen molar-refractivity contribution < 1.29 is 17.9 Å². The molecule has 0 bridgehead atoms. The number of ether oxygens (including phenoxy) is 1. The van der Waals surface area contributed by atoms with E-state index < -0.39 is 10.0 Å². The molecule has 8 heteroatoms. The molecule has 1 aliphatic carbocycles. The minimum Gasteiger partial charge on any atom is -0.482 e. The van der Waals surface area contributed by atoms with Crippen LogP contribution in [0, 0.1) is 0 Å². The molecule has 1 amide bonds. The molecule has 1 saturated carbocycles. The van der Waals surface area contributed by atoms with Crippen LogP contribution in [-0.2, 0) is 14.8 Å². The summed E-state index contributed by atoms with van der Waals surface area (Å²) < 4.78 is 32.6. The molecule has 0 atom stereocenters. The third kappa shape index (κ3) is 6.09. The quantitative estimate of drug-likeness (QED) is 0.657. The first-order valence-electron chi connectivity index (χ1n) is 9.60. The van der Waals surface area contributed by atoms with Crippen LogP contribution < -0.4 is 10.1 Å². The Balaban J connectivity index is 2.09. The summed E-state index contributed by atoms with van der Waals surface area (Å²) in [5.74, 6) is -0.0923. The summed E-state index contributed by atoms with van der Waals surface area (Å²) in [6, 6.07) is 4.60. The van der Waals surface area contributed by atoms with E-state index in [1.165, 1.54) is 29.3 Å². The van der Waals surface area contributed by atoms with E-state index in [0.717, 1.165) is 25.7 Å². The summed E-state index contributed by atoms with van der Waals surface area (Å²) >= 11 is 6.00. The summed E-state index contributed by atoms with van der Waals surface area (Å²) in [5.41, 5.74) is 0. The van der Waals surface area contributed by atoms with E-state index in [-0.39, 0.29) is 29.2 Å². The van der Waals surface area contributed by atoms with E-state index in [1.54, 1.807) is 19.9 Å². The molecule has 6 nitrogen and oxygen atoms in total. The lowest BCUT2D eigenvalue weighted by atomic mass is 10.1. The van der Waals surface area contributed by atoms with E-state index in [2.05, 4.69) is 5.32 Å². The van der Waals surface area contributed by atoms with Crippen molar-refractivity contribution in [2.45, 2.75) is 63.3 Å². The van der Waals surface area contributed by atoms with Crippen LogP contribution in [0.3, 0.4) is 0 Å². The zero-order valence-electron chi connectivity index (χ0n) is 16.0. The molecule has 1 aliphatic rings. The Morgan fingerprint density at radius 1 is 1.19 bits per heavy atom. The van der Waals surface area contributed by atoms with E-state index >= 15 is 0 Å². The van der Waals surface area contributed by atoms with Gasteiger partial charge >= 0.3 is 0 Å². The minimum atomic E-state index is -3.74. The molecule has 0 aliphatic heterocycles. The fourth-order valence-corrected chi connectivity index (χ4v) is 5.19. The Labute approximate surface area is 167 Å². The number of amides is 1. The third-order valence-electron chi connectivity index (χ3n) is 4.81. The monoisotopic (exact) mass is 416 g/mol. The Morgan fingerprint density at radius 3 is 2.41 bits per heavy atom. The number of carbonyl (C=O) groups excluding carboxylic acids is 1. The van der Waals surface area contributed by atoms with E-state index in [1.807, 2.05) is 0 Å². The predicted molar refractivity (Wildman–Crippen MR) is 107 cm³/mol. The molecule has 0 spiro atoms. The van der Waals surface area contributed by atoms with Gasteiger partial charge in [-0.3, -0.25) is 4.79 Å². The molecule has 0 aromatic heterocycles. The highest BCUT2D eigenvalue weighted by Crippen LogP contribution is 2.30. The Bertz CT molecular complexity index is 727. The summed E-state index contributed by atoms with van der Waals surface area (Å²) in [5, 5.41) is 3.30. The summed E-state index contributed by atoms with van der Waals surface area (Å²) in [7, 11) is -3.74. The normalized spacial score (nSPS) is 16.1. The molecule has 152 valence electrons. The average Bonchev–Trinajstić information content (AvgIpc) is 2.90. The van der Waals surface area contributed by atoms with Crippen LogP contribution in [-0.4, -0.2) is 44.4 Å². The third-order valence-corrected chi connectivity index (χ3v) is 7.11. The van der Waals surface area contributed by atoms with Gasteiger partial charge in [0.05, 0.1) is 0 Å². The van der Waals surface area contributed by atoms with Gasteiger partial charge in [0.2, 0.25) is 10.0 Å². The van der Waals surface area contributed by atoms with Gasteiger partial charge in [-0.25, -0.2) is 8.42 Å². The number of carbonyl (C=O) groups is 1. The number of sulfonamides is 1. The maximum Gasteiger partial charge on any atom is 0.258 e. The molecule has 1 fully saturated rings. The minimum absolute atomic E-state index is 0.0130. The van der Waals surface area contributed by atoms with Crippen molar-refractivity contribution in [3.8, 4) is 5.75 Å². The van der Waals surface area contributed by atoms with Gasteiger partial charge in [-0.15, -0.1) is 0 Å². The Hall–Kier alpha value is -1.31. The number of hydrogen-bond donors (Lipinski definition) is 1. The van der Waals surface area contributed by atoms with Gasteiger partial charge in [-0.05, 0) is 31.0 Å². The Morgan fingerprint density at radius 2 is 1.81 bits per heavy atom. The predicted octanol–water partition coefficient (Wildman–Crippen LogP) is 3.59. The molecule has 0 heterocycles. The molecule has 0 radical (unpaired) electrons. The van der Waals surface area contributed by atoms with E-state index in [4.69, 9.17) is 16.3 Å². The maximum atomic E-state index is 12.9. The lowest BCUT2D eigenvalue weighted by molar-refractivity contribution is -0.123. The van der Waals surface area contributed by atoms with Crippen LogP contribution in [0.4, 0.5) is 0 Å². The Kier molecular flexibility index (Phi) is 8.38. The zero-order valence-corrected chi connectivity index (χ0v) is 17.6. The second-order valence-electron chi connectivity index (χ2n) is 6.73. The molecular formula is C19H29ClN2O4S. The SMILES string of the molecule is CCN(CC)S(=O)(=O)c1cc(Cl)ccc1OCC(=O)NC1CCCCCC1. The van der Waals surface area contributed by atoms with Gasteiger partial charge in [0, 0.05) is 24.2 Å². The summed E-state index contributed by atoms with van der Waals surface area (Å²) in [4.78, 5) is 12.2.